The molecule has 2 aliphatic rings. The van der Waals surface area contributed by atoms with E-state index in [0.717, 1.165) is 12.8 Å². The highest BCUT2D eigenvalue weighted by Crippen LogP contribution is 2.46. The van der Waals surface area contributed by atoms with Gasteiger partial charge in [0.15, 0.2) is 0 Å². The zero-order valence-electron chi connectivity index (χ0n) is 13.9. The van der Waals surface area contributed by atoms with Gasteiger partial charge >= 0.3 is 0 Å². The van der Waals surface area contributed by atoms with Crippen LogP contribution in [0.3, 0.4) is 0 Å². The first-order chi connectivity index (χ1) is 9.74. The topological polar surface area (TPSA) is 32.3 Å². The molecule has 0 radical (unpaired) electrons. The number of benzene rings is 1. The van der Waals surface area contributed by atoms with Crippen molar-refractivity contribution in [2.24, 2.45) is 10.8 Å². The third-order valence-electron chi connectivity index (χ3n) is 5.20. The second kappa shape index (κ2) is 5.01. The summed E-state index contributed by atoms with van der Waals surface area (Å²) < 4.78 is 0. The van der Waals surface area contributed by atoms with Gasteiger partial charge in [-0.3, -0.25) is 0 Å². The number of phenolic OH excluding ortho intramolecular Hbond substituents is 1. The summed E-state index contributed by atoms with van der Waals surface area (Å²) in [5, 5.41) is 13.5. The van der Waals surface area contributed by atoms with E-state index in [1.54, 1.807) is 0 Å². The first-order valence-electron chi connectivity index (χ1n) is 8.32. The third-order valence-corrected chi connectivity index (χ3v) is 5.20. The Balaban J connectivity index is 1.74. The Morgan fingerprint density at radius 2 is 1.76 bits per heavy atom. The normalized spacial score (nSPS) is 27.5. The van der Waals surface area contributed by atoms with Crippen molar-refractivity contribution in [1.29, 1.82) is 0 Å². The lowest BCUT2D eigenvalue weighted by atomic mass is 9.63. The molecule has 1 atom stereocenters. The lowest BCUT2D eigenvalue weighted by Gasteiger charge is -2.46. The predicted octanol–water partition coefficient (Wildman–Crippen LogP) is 4.57. The number of phenols is 1. The van der Waals surface area contributed by atoms with Crippen molar-refractivity contribution in [1.82, 2.24) is 5.32 Å². The van der Waals surface area contributed by atoms with Gasteiger partial charge < -0.3 is 10.4 Å². The van der Waals surface area contributed by atoms with E-state index in [1.165, 1.54) is 30.4 Å². The van der Waals surface area contributed by atoms with Crippen LogP contribution in [0.1, 0.15) is 70.5 Å². The van der Waals surface area contributed by atoms with Crippen LogP contribution in [0.5, 0.6) is 5.75 Å². The van der Waals surface area contributed by atoms with E-state index in [1.807, 2.05) is 12.1 Å². The van der Waals surface area contributed by atoms with Gasteiger partial charge in [-0.1, -0.05) is 33.8 Å². The van der Waals surface area contributed by atoms with Crippen molar-refractivity contribution < 1.29 is 5.11 Å². The molecule has 2 N–H and O–H groups in total. The summed E-state index contributed by atoms with van der Waals surface area (Å²) in [5.74, 6) is 0.398. The van der Waals surface area contributed by atoms with Gasteiger partial charge in [0, 0.05) is 12.1 Å². The fourth-order valence-corrected chi connectivity index (χ4v) is 5.03. The summed E-state index contributed by atoms with van der Waals surface area (Å²) in [6, 6.07) is 6.94. The maximum atomic E-state index is 9.62. The zero-order valence-corrected chi connectivity index (χ0v) is 13.9. The lowest BCUT2D eigenvalue weighted by Crippen LogP contribution is -2.44. The molecule has 21 heavy (non-hydrogen) atoms. The Kier molecular flexibility index (Phi) is 3.56. The quantitative estimate of drug-likeness (QED) is 0.835. The lowest BCUT2D eigenvalue weighted by molar-refractivity contribution is 0.0802. The van der Waals surface area contributed by atoms with Gasteiger partial charge in [-0.25, -0.2) is 0 Å². The highest BCUT2D eigenvalue weighted by Gasteiger charge is 2.39. The molecule has 1 aromatic carbocycles. The number of aryl methyl sites for hydroxylation is 1. The summed E-state index contributed by atoms with van der Waals surface area (Å²) in [6.45, 7) is 9.62. The van der Waals surface area contributed by atoms with Gasteiger partial charge in [0.1, 0.15) is 5.75 Å². The summed E-state index contributed by atoms with van der Waals surface area (Å²) in [5.41, 5.74) is 3.57. The molecule has 1 unspecified atom stereocenters. The molecule has 1 aromatic rings. The molecular weight excluding hydrogens is 258 g/mol. The van der Waals surface area contributed by atoms with E-state index < -0.39 is 0 Å². The summed E-state index contributed by atoms with van der Waals surface area (Å²) >= 11 is 0. The fourth-order valence-electron chi connectivity index (χ4n) is 5.03. The van der Waals surface area contributed by atoms with E-state index in [4.69, 9.17) is 0 Å². The van der Waals surface area contributed by atoms with Gasteiger partial charge in [-0.2, -0.15) is 0 Å². The Bertz CT molecular complexity index is 516. The standard InChI is InChI=1S/C19H29NO/c1-18(2)10-14(11-19(3,4)12-18)20-17-8-5-13-9-15(21)6-7-16(13)17/h6-7,9,14,17,20-21H,5,8,10-12H2,1-4H3. The molecule has 0 heterocycles. The van der Waals surface area contributed by atoms with Crippen molar-refractivity contribution in [2.45, 2.75) is 71.9 Å². The summed E-state index contributed by atoms with van der Waals surface area (Å²) in [4.78, 5) is 0. The maximum absolute atomic E-state index is 9.62. The number of nitrogens with one attached hydrogen (secondary N) is 1. The highest BCUT2D eigenvalue weighted by molar-refractivity contribution is 5.40. The number of hydrogen-bond donors (Lipinski definition) is 2. The molecule has 0 bridgehead atoms. The van der Waals surface area contributed by atoms with Gasteiger partial charge in [0.05, 0.1) is 0 Å². The largest absolute Gasteiger partial charge is 0.508 e. The first-order valence-corrected chi connectivity index (χ1v) is 8.32. The van der Waals surface area contributed by atoms with Crippen molar-refractivity contribution in [3.63, 3.8) is 0 Å². The fraction of sp³-hybridized carbons (Fsp3) is 0.684. The van der Waals surface area contributed by atoms with E-state index in [9.17, 15) is 5.11 Å². The van der Waals surface area contributed by atoms with Crippen LogP contribution in [-0.2, 0) is 6.42 Å². The van der Waals surface area contributed by atoms with Crippen LogP contribution >= 0.6 is 0 Å². The van der Waals surface area contributed by atoms with Crippen molar-refractivity contribution >= 4 is 0 Å². The van der Waals surface area contributed by atoms with Crippen LogP contribution in [0.15, 0.2) is 18.2 Å². The molecule has 1 fully saturated rings. The van der Waals surface area contributed by atoms with E-state index in [0.29, 0.717) is 28.7 Å². The predicted molar refractivity (Wildman–Crippen MR) is 87.5 cm³/mol. The minimum atomic E-state index is 0.398. The number of hydrogen-bond acceptors (Lipinski definition) is 2. The number of fused-ring (bicyclic) bond motifs is 1. The highest BCUT2D eigenvalue weighted by atomic mass is 16.3. The Hall–Kier alpha value is -1.02. The minimum absolute atomic E-state index is 0.398. The molecule has 0 saturated heterocycles. The first kappa shape index (κ1) is 14.9. The average molecular weight is 287 g/mol. The molecule has 2 heteroatoms. The molecule has 116 valence electrons. The zero-order chi connectivity index (χ0) is 15.3. The van der Waals surface area contributed by atoms with E-state index in [-0.39, 0.29) is 0 Å². The Morgan fingerprint density at radius 1 is 1.10 bits per heavy atom. The molecule has 2 aliphatic carbocycles. The van der Waals surface area contributed by atoms with Crippen LogP contribution in [0.2, 0.25) is 0 Å². The summed E-state index contributed by atoms with van der Waals surface area (Å²) in [6.07, 6.45) is 6.09. The second-order valence-electron chi connectivity index (χ2n) is 8.75. The van der Waals surface area contributed by atoms with E-state index >= 15 is 0 Å². The molecule has 0 aliphatic heterocycles. The van der Waals surface area contributed by atoms with Gasteiger partial charge in [0.25, 0.3) is 0 Å². The Morgan fingerprint density at radius 3 is 2.43 bits per heavy atom. The molecule has 0 aromatic heterocycles. The molecule has 1 saturated carbocycles. The van der Waals surface area contributed by atoms with Crippen LogP contribution < -0.4 is 5.32 Å². The van der Waals surface area contributed by atoms with Crippen LogP contribution in [0.25, 0.3) is 0 Å². The molecule has 0 amide bonds. The second-order valence-corrected chi connectivity index (χ2v) is 8.75. The molecule has 2 nitrogen and oxygen atoms in total. The Labute approximate surface area is 129 Å². The van der Waals surface area contributed by atoms with Gasteiger partial charge in [-0.05, 0) is 66.2 Å². The van der Waals surface area contributed by atoms with Crippen molar-refractivity contribution in [3.05, 3.63) is 29.3 Å². The van der Waals surface area contributed by atoms with Gasteiger partial charge in [0.2, 0.25) is 0 Å². The SMILES string of the molecule is CC1(C)CC(NC2CCc3cc(O)ccc32)CC(C)(C)C1. The number of aromatic hydroxyl groups is 1. The van der Waals surface area contributed by atoms with Crippen molar-refractivity contribution in [3.8, 4) is 5.75 Å². The molecule has 3 rings (SSSR count). The van der Waals surface area contributed by atoms with Crippen LogP contribution in [0.4, 0.5) is 0 Å². The average Bonchev–Trinajstić information content (AvgIpc) is 2.67. The molecular formula is C19H29NO. The van der Waals surface area contributed by atoms with Crippen LogP contribution in [0, 0.1) is 10.8 Å². The third kappa shape index (κ3) is 3.26. The minimum Gasteiger partial charge on any atom is -0.508 e. The van der Waals surface area contributed by atoms with Crippen molar-refractivity contribution in [2.75, 3.05) is 0 Å². The monoisotopic (exact) mass is 287 g/mol. The molecule has 0 spiro atoms. The summed E-state index contributed by atoms with van der Waals surface area (Å²) in [7, 11) is 0. The number of rotatable bonds is 2. The van der Waals surface area contributed by atoms with Crippen LogP contribution in [-0.4, -0.2) is 11.1 Å². The smallest absolute Gasteiger partial charge is 0.115 e. The maximum Gasteiger partial charge on any atom is 0.115 e. The van der Waals surface area contributed by atoms with Gasteiger partial charge in [-0.15, -0.1) is 0 Å². The van der Waals surface area contributed by atoms with E-state index in [2.05, 4.69) is 39.1 Å².